The molecule has 1 heterocycles. The fraction of sp³-hybridized carbons (Fsp3) is 0.476. The van der Waals surface area contributed by atoms with Crippen LogP contribution in [0.1, 0.15) is 45.1 Å². The van der Waals surface area contributed by atoms with Gasteiger partial charge in [0.25, 0.3) is 0 Å². The number of ether oxygens (including phenoxy) is 2. The molecular weight excluding hydrogens is 368 g/mol. The second-order valence-corrected chi connectivity index (χ2v) is 7.31. The Hall–Kier alpha value is -1.66. The maximum absolute atomic E-state index is 11.9. The van der Waals surface area contributed by atoms with Crippen LogP contribution in [0, 0.1) is 0 Å². The Balaban J connectivity index is 1.56. The van der Waals surface area contributed by atoms with Gasteiger partial charge in [-0.1, -0.05) is 35.9 Å². The Morgan fingerprint density at radius 1 is 1.30 bits per heavy atom. The van der Waals surface area contributed by atoms with Gasteiger partial charge in [0.15, 0.2) is 0 Å². The normalized spacial score (nSPS) is 25.3. The summed E-state index contributed by atoms with van der Waals surface area (Å²) in [7, 11) is 0. The van der Waals surface area contributed by atoms with Crippen LogP contribution >= 0.6 is 11.6 Å². The minimum atomic E-state index is -0.755. The van der Waals surface area contributed by atoms with Crippen LogP contribution in [0.15, 0.2) is 42.0 Å². The van der Waals surface area contributed by atoms with Crippen molar-refractivity contribution in [3.8, 4) is 0 Å². The van der Waals surface area contributed by atoms with Crippen LogP contribution in [0.25, 0.3) is 5.57 Å². The molecule has 0 amide bonds. The molecule has 146 valence electrons. The van der Waals surface area contributed by atoms with Crippen LogP contribution in [0.2, 0.25) is 5.02 Å². The second kappa shape index (κ2) is 8.57. The highest BCUT2D eigenvalue weighted by Gasteiger charge is 2.42. The van der Waals surface area contributed by atoms with E-state index in [1.54, 1.807) is 6.92 Å². The van der Waals surface area contributed by atoms with Gasteiger partial charge in [0.05, 0.1) is 13.2 Å². The van der Waals surface area contributed by atoms with Gasteiger partial charge in [0, 0.05) is 23.4 Å². The highest BCUT2D eigenvalue weighted by atomic mass is 35.5. The molecule has 1 aliphatic carbocycles. The predicted octanol–water partition coefficient (Wildman–Crippen LogP) is 4.85. The van der Waals surface area contributed by atoms with Gasteiger partial charge in [-0.25, -0.2) is 14.6 Å². The zero-order valence-corrected chi connectivity index (χ0v) is 16.5. The molecule has 1 aliphatic heterocycles. The van der Waals surface area contributed by atoms with Crippen LogP contribution in [-0.2, 0) is 24.0 Å². The molecule has 0 bridgehead atoms. The molecule has 0 N–H and O–H groups in total. The van der Waals surface area contributed by atoms with Gasteiger partial charge in [-0.3, -0.25) is 0 Å². The van der Waals surface area contributed by atoms with Crippen molar-refractivity contribution >= 4 is 23.1 Å². The number of hydrogen-bond donors (Lipinski definition) is 0. The monoisotopic (exact) mass is 392 g/mol. The quantitative estimate of drug-likeness (QED) is 0.416. The topological polar surface area (TPSA) is 54.0 Å². The summed E-state index contributed by atoms with van der Waals surface area (Å²) in [4.78, 5) is 23.2. The highest BCUT2D eigenvalue weighted by molar-refractivity contribution is 6.30. The van der Waals surface area contributed by atoms with E-state index < -0.39 is 5.79 Å². The molecule has 1 saturated heterocycles. The van der Waals surface area contributed by atoms with E-state index in [2.05, 4.69) is 6.58 Å². The highest BCUT2D eigenvalue weighted by Crippen LogP contribution is 2.40. The van der Waals surface area contributed by atoms with Crippen molar-refractivity contribution < 1.29 is 24.0 Å². The summed E-state index contributed by atoms with van der Waals surface area (Å²) in [5.41, 5.74) is 3.51. The van der Waals surface area contributed by atoms with Crippen molar-refractivity contribution in [3.05, 3.63) is 52.6 Å². The SMILES string of the molecule is C=C(c1ccc(Cl)cc1)C1COC2(CCC(=C(C)C(=O)OCC)CC2)OO1. The van der Waals surface area contributed by atoms with Gasteiger partial charge in [-0.05, 0) is 50.0 Å². The van der Waals surface area contributed by atoms with Gasteiger partial charge in [0.1, 0.15) is 6.10 Å². The number of carbonyl (C=O) groups is 1. The van der Waals surface area contributed by atoms with Crippen LogP contribution in [-0.4, -0.2) is 31.1 Å². The molecule has 6 heteroatoms. The lowest BCUT2D eigenvalue weighted by Gasteiger charge is -2.42. The zero-order chi connectivity index (χ0) is 19.4. The average Bonchev–Trinajstić information content (AvgIpc) is 2.69. The van der Waals surface area contributed by atoms with Crippen LogP contribution < -0.4 is 0 Å². The van der Waals surface area contributed by atoms with E-state index in [9.17, 15) is 4.79 Å². The Labute approximate surface area is 164 Å². The van der Waals surface area contributed by atoms with E-state index in [1.807, 2.05) is 31.2 Å². The summed E-state index contributed by atoms with van der Waals surface area (Å²) in [6.45, 7) is 8.47. The lowest BCUT2D eigenvalue weighted by Crippen LogP contribution is -2.46. The molecule has 2 fully saturated rings. The van der Waals surface area contributed by atoms with Crippen LogP contribution in [0.4, 0.5) is 0 Å². The van der Waals surface area contributed by atoms with E-state index in [4.69, 9.17) is 30.8 Å². The van der Waals surface area contributed by atoms with Crippen molar-refractivity contribution in [3.63, 3.8) is 0 Å². The Kier molecular flexibility index (Phi) is 6.37. The first-order chi connectivity index (χ1) is 12.9. The van der Waals surface area contributed by atoms with Crippen molar-refractivity contribution in [2.75, 3.05) is 13.2 Å². The van der Waals surface area contributed by atoms with Gasteiger partial charge in [-0.15, -0.1) is 0 Å². The van der Waals surface area contributed by atoms with E-state index >= 15 is 0 Å². The third kappa shape index (κ3) is 4.61. The lowest BCUT2D eigenvalue weighted by molar-refractivity contribution is -0.482. The lowest BCUT2D eigenvalue weighted by atomic mass is 9.87. The van der Waals surface area contributed by atoms with Crippen molar-refractivity contribution in [1.82, 2.24) is 0 Å². The van der Waals surface area contributed by atoms with Crippen LogP contribution in [0.3, 0.4) is 0 Å². The Morgan fingerprint density at radius 3 is 2.52 bits per heavy atom. The number of carbonyl (C=O) groups excluding carboxylic acids is 1. The fourth-order valence-corrected chi connectivity index (χ4v) is 3.48. The van der Waals surface area contributed by atoms with Crippen LogP contribution in [0.5, 0.6) is 0 Å². The Bertz CT molecular complexity index is 717. The second-order valence-electron chi connectivity index (χ2n) is 6.87. The van der Waals surface area contributed by atoms with E-state index in [1.165, 1.54) is 0 Å². The molecule has 1 spiro atoms. The van der Waals surface area contributed by atoms with Crippen molar-refractivity contribution in [1.29, 1.82) is 0 Å². The summed E-state index contributed by atoms with van der Waals surface area (Å²) in [5, 5.41) is 0.673. The summed E-state index contributed by atoms with van der Waals surface area (Å²) in [6.07, 6.45) is 2.35. The number of benzene rings is 1. The third-order valence-corrected chi connectivity index (χ3v) is 5.40. The molecule has 5 nitrogen and oxygen atoms in total. The maximum Gasteiger partial charge on any atom is 0.333 e. The first kappa shape index (κ1) is 20.1. The third-order valence-electron chi connectivity index (χ3n) is 5.14. The van der Waals surface area contributed by atoms with Gasteiger partial charge >= 0.3 is 5.97 Å². The summed E-state index contributed by atoms with van der Waals surface area (Å²) >= 11 is 5.93. The minimum absolute atomic E-state index is 0.246. The molecule has 0 radical (unpaired) electrons. The number of allylic oxidation sites excluding steroid dienone is 1. The van der Waals surface area contributed by atoms with Gasteiger partial charge in [0.2, 0.25) is 5.79 Å². The summed E-state index contributed by atoms with van der Waals surface area (Å²) < 4.78 is 11.1. The minimum Gasteiger partial charge on any atom is -0.463 e. The molecule has 1 atom stereocenters. The molecule has 0 aromatic heterocycles. The van der Waals surface area contributed by atoms with Gasteiger partial charge in [-0.2, -0.15) is 0 Å². The van der Waals surface area contributed by atoms with E-state index in [0.29, 0.717) is 36.7 Å². The van der Waals surface area contributed by atoms with Gasteiger partial charge < -0.3 is 9.47 Å². The number of hydrogen-bond acceptors (Lipinski definition) is 5. The molecular formula is C21H25ClO5. The maximum atomic E-state index is 11.9. The van der Waals surface area contributed by atoms with Crippen molar-refractivity contribution in [2.24, 2.45) is 0 Å². The van der Waals surface area contributed by atoms with Crippen molar-refractivity contribution in [2.45, 2.75) is 51.4 Å². The molecule has 27 heavy (non-hydrogen) atoms. The average molecular weight is 393 g/mol. The standard InChI is InChI=1S/C21H25ClO5/c1-4-24-20(23)15(3)17-9-11-21(12-10-17)25-13-19(26-27-21)14(2)16-5-7-18(22)8-6-16/h5-8,19H,2,4,9-13H2,1,3H3. The predicted molar refractivity (Wildman–Crippen MR) is 103 cm³/mol. The van der Waals surface area contributed by atoms with E-state index in [-0.39, 0.29) is 12.1 Å². The summed E-state index contributed by atoms with van der Waals surface area (Å²) in [6, 6.07) is 7.42. The smallest absolute Gasteiger partial charge is 0.333 e. The number of esters is 1. The summed E-state index contributed by atoms with van der Waals surface area (Å²) in [5.74, 6) is -1.00. The molecule has 1 aromatic carbocycles. The Morgan fingerprint density at radius 2 is 1.96 bits per heavy atom. The molecule has 1 unspecified atom stereocenters. The molecule has 3 rings (SSSR count). The number of rotatable bonds is 4. The first-order valence-electron chi connectivity index (χ1n) is 9.23. The molecule has 1 saturated carbocycles. The zero-order valence-electron chi connectivity index (χ0n) is 15.8. The largest absolute Gasteiger partial charge is 0.463 e. The molecule has 1 aromatic rings. The molecule has 2 aliphatic rings. The van der Waals surface area contributed by atoms with E-state index in [0.717, 1.165) is 29.6 Å². The fourth-order valence-electron chi connectivity index (χ4n) is 3.35. The first-order valence-corrected chi connectivity index (χ1v) is 9.61. The number of halogens is 1.